The number of amidine groups is 1. The number of rotatable bonds is 1. The van der Waals surface area contributed by atoms with Gasteiger partial charge in [-0.25, -0.2) is 0 Å². The lowest BCUT2D eigenvalue weighted by atomic mass is 10.1. The molecule has 3 heteroatoms. The number of Topliss-reactive ketones (excluding diaryl/α,β-unsaturated/α-hetero) is 1. The minimum atomic E-state index is -0.0190. The minimum absolute atomic E-state index is 0.0190. The molecular formula is C10H10N2O. The van der Waals surface area contributed by atoms with Crippen molar-refractivity contribution in [3.05, 3.63) is 29.8 Å². The molecule has 0 saturated carbocycles. The van der Waals surface area contributed by atoms with E-state index in [9.17, 15) is 4.79 Å². The largest absolute Gasteiger partial charge is 0.337 e. The highest BCUT2D eigenvalue weighted by Crippen LogP contribution is 2.19. The van der Waals surface area contributed by atoms with Crippen LogP contribution in [0.15, 0.2) is 29.3 Å². The zero-order valence-corrected chi connectivity index (χ0v) is 7.37. The summed E-state index contributed by atoms with van der Waals surface area (Å²) >= 11 is 0. The van der Waals surface area contributed by atoms with Crippen molar-refractivity contribution in [1.82, 2.24) is 0 Å². The first-order valence-corrected chi connectivity index (χ1v) is 4.17. The lowest BCUT2D eigenvalue weighted by molar-refractivity contribution is -0.111. The van der Waals surface area contributed by atoms with E-state index in [1.807, 2.05) is 24.3 Å². The van der Waals surface area contributed by atoms with Crippen molar-refractivity contribution in [1.29, 1.82) is 0 Å². The standard InChI is InChI=1S/C10H10N2O/c1-7(13)10-11-6-8-4-2-3-5-9(8)12-10/h2-5H,6H2,1H3,(H,11,12). The van der Waals surface area contributed by atoms with Crippen molar-refractivity contribution in [3.8, 4) is 0 Å². The SMILES string of the molecule is CC(=O)C1=NCc2ccccc2N1. The summed E-state index contributed by atoms with van der Waals surface area (Å²) in [4.78, 5) is 15.1. The van der Waals surface area contributed by atoms with Crippen molar-refractivity contribution in [2.75, 3.05) is 5.32 Å². The van der Waals surface area contributed by atoms with E-state index in [4.69, 9.17) is 0 Å². The molecule has 1 aliphatic heterocycles. The molecule has 0 radical (unpaired) electrons. The molecule has 1 heterocycles. The molecular weight excluding hydrogens is 164 g/mol. The van der Waals surface area contributed by atoms with Gasteiger partial charge in [0, 0.05) is 12.6 Å². The third kappa shape index (κ3) is 1.45. The number of carbonyl (C=O) groups is 1. The lowest BCUT2D eigenvalue weighted by Crippen LogP contribution is -2.24. The van der Waals surface area contributed by atoms with Gasteiger partial charge in [0.2, 0.25) is 0 Å². The molecule has 13 heavy (non-hydrogen) atoms. The van der Waals surface area contributed by atoms with E-state index in [0.29, 0.717) is 12.4 Å². The molecule has 66 valence electrons. The summed E-state index contributed by atoms with van der Waals surface area (Å²) in [6.07, 6.45) is 0. The van der Waals surface area contributed by atoms with E-state index in [1.165, 1.54) is 6.92 Å². The topological polar surface area (TPSA) is 41.5 Å². The summed E-state index contributed by atoms with van der Waals surface area (Å²) in [6, 6.07) is 7.86. The van der Waals surface area contributed by atoms with Crippen LogP contribution in [0.2, 0.25) is 0 Å². The maximum absolute atomic E-state index is 11.0. The summed E-state index contributed by atoms with van der Waals surface area (Å²) in [7, 11) is 0. The first-order valence-electron chi connectivity index (χ1n) is 4.17. The Hall–Kier alpha value is -1.64. The maximum atomic E-state index is 11.0. The van der Waals surface area contributed by atoms with Crippen molar-refractivity contribution >= 4 is 17.3 Å². The molecule has 1 aromatic carbocycles. The number of carbonyl (C=O) groups excluding carboxylic acids is 1. The Labute approximate surface area is 76.5 Å². The fourth-order valence-electron chi connectivity index (χ4n) is 1.31. The van der Waals surface area contributed by atoms with Gasteiger partial charge in [-0.1, -0.05) is 18.2 Å². The second-order valence-electron chi connectivity index (χ2n) is 3.00. The van der Waals surface area contributed by atoms with Gasteiger partial charge in [0.25, 0.3) is 0 Å². The van der Waals surface area contributed by atoms with Crippen molar-refractivity contribution in [3.63, 3.8) is 0 Å². The summed E-state index contributed by atoms with van der Waals surface area (Å²) in [5.41, 5.74) is 2.12. The maximum Gasteiger partial charge on any atom is 0.194 e. The third-order valence-corrected chi connectivity index (χ3v) is 2.01. The Morgan fingerprint density at radius 3 is 3.00 bits per heavy atom. The van der Waals surface area contributed by atoms with Crippen LogP contribution in [-0.2, 0) is 11.3 Å². The monoisotopic (exact) mass is 174 g/mol. The van der Waals surface area contributed by atoms with E-state index >= 15 is 0 Å². The van der Waals surface area contributed by atoms with Crippen LogP contribution < -0.4 is 5.32 Å². The Morgan fingerprint density at radius 2 is 2.23 bits per heavy atom. The Bertz CT molecular complexity index is 382. The molecule has 0 unspecified atom stereocenters. The van der Waals surface area contributed by atoms with Crippen molar-refractivity contribution in [2.24, 2.45) is 4.99 Å². The number of fused-ring (bicyclic) bond motifs is 1. The molecule has 1 aromatic rings. The molecule has 0 atom stereocenters. The zero-order chi connectivity index (χ0) is 9.26. The van der Waals surface area contributed by atoms with Crippen molar-refractivity contribution in [2.45, 2.75) is 13.5 Å². The number of para-hydroxylation sites is 1. The Balaban J connectivity index is 2.33. The third-order valence-electron chi connectivity index (χ3n) is 2.01. The molecule has 0 fully saturated rings. The van der Waals surface area contributed by atoms with Gasteiger partial charge in [-0.15, -0.1) is 0 Å². The van der Waals surface area contributed by atoms with E-state index in [0.717, 1.165) is 11.3 Å². The molecule has 0 aromatic heterocycles. The summed E-state index contributed by atoms with van der Waals surface area (Å²) < 4.78 is 0. The highest BCUT2D eigenvalue weighted by Gasteiger charge is 2.12. The molecule has 0 bridgehead atoms. The quantitative estimate of drug-likeness (QED) is 0.702. The first kappa shape index (κ1) is 7.98. The number of nitrogens with zero attached hydrogens (tertiary/aromatic N) is 1. The van der Waals surface area contributed by atoms with Gasteiger partial charge >= 0.3 is 0 Å². The molecule has 2 rings (SSSR count). The number of ketones is 1. The zero-order valence-electron chi connectivity index (χ0n) is 7.37. The van der Waals surface area contributed by atoms with Gasteiger partial charge < -0.3 is 5.32 Å². The molecule has 0 amide bonds. The van der Waals surface area contributed by atoms with Crippen LogP contribution in [0.5, 0.6) is 0 Å². The molecule has 0 saturated heterocycles. The molecule has 0 spiro atoms. The fourth-order valence-corrected chi connectivity index (χ4v) is 1.31. The van der Waals surface area contributed by atoms with Crippen LogP contribution in [0.4, 0.5) is 5.69 Å². The predicted octanol–water partition coefficient (Wildman–Crippen LogP) is 1.60. The number of hydrogen-bond acceptors (Lipinski definition) is 3. The second-order valence-corrected chi connectivity index (χ2v) is 3.00. The highest BCUT2D eigenvalue weighted by atomic mass is 16.1. The van der Waals surface area contributed by atoms with Crippen LogP contribution in [0.25, 0.3) is 0 Å². The fraction of sp³-hybridized carbons (Fsp3) is 0.200. The highest BCUT2D eigenvalue weighted by molar-refractivity contribution is 6.42. The number of hydrogen-bond donors (Lipinski definition) is 1. The average Bonchev–Trinajstić information content (AvgIpc) is 2.17. The molecule has 1 N–H and O–H groups in total. The second kappa shape index (κ2) is 3.01. The Kier molecular flexibility index (Phi) is 1.85. The van der Waals surface area contributed by atoms with Crippen LogP contribution in [0.3, 0.4) is 0 Å². The van der Waals surface area contributed by atoms with E-state index in [1.54, 1.807) is 0 Å². The normalized spacial score (nSPS) is 14.1. The number of benzene rings is 1. The van der Waals surface area contributed by atoms with Gasteiger partial charge in [0.05, 0.1) is 6.54 Å². The smallest absolute Gasteiger partial charge is 0.194 e. The van der Waals surface area contributed by atoms with Crippen LogP contribution in [-0.4, -0.2) is 11.6 Å². The van der Waals surface area contributed by atoms with E-state index < -0.39 is 0 Å². The minimum Gasteiger partial charge on any atom is -0.337 e. The molecule has 3 nitrogen and oxygen atoms in total. The van der Waals surface area contributed by atoms with E-state index in [2.05, 4.69) is 10.3 Å². The number of nitrogens with one attached hydrogen (secondary N) is 1. The number of anilines is 1. The van der Waals surface area contributed by atoms with Crippen LogP contribution in [0.1, 0.15) is 12.5 Å². The molecule has 1 aliphatic rings. The summed E-state index contributed by atoms with van der Waals surface area (Å²) in [5.74, 6) is 0.438. The van der Waals surface area contributed by atoms with Crippen LogP contribution in [0, 0.1) is 0 Å². The van der Waals surface area contributed by atoms with E-state index in [-0.39, 0.29) is 5.78 Å². The lowest BCUT2D eigenvalue weighted by Gasteiger charge is -2.15. The Morgan fingerprint density at radius 1 is 1.46 bits per heavy atom. The van der Waals surface area contributed by atoms with Crippen molar-refractivity contribution < 1.29 is 4.79 Å². The first-order chi connectivity index (χ1) is 6.27. The predicted molar refractivity (Wildman–Crippen MR) is 51.9 cm³/mol. The van der Waals surface area contributed by atoms with Gasteiger partial charge in [0.1, 0.15) is 0 Å². The molecule has 0 aliphatic carbocycles. The van der Waals surface area contributed by atoms with Gasteiger partial charge in [-0.3, -0.25) is 9.79 Å². The summed E-state index contributed by atoms with van der Waals surface area (Å²) in [5, 5.41) is 3.00. The van der Waals surface area contributed by atoms with Gasteiger partial charge in [0.15, 0.2) is 11.6 Å². The van der Waals surface area contributed by atoms with Crippen LogP contribution >= 0.6 is 0 Å². The van der Waals surface area contributed by atoms with Gasteiger partial charge in [-0.2, -0.15) is 0 Å². The number of aliphatic imine (C=N–C) groups is 1. The average molecular weight is 174 g/mol. The van der Waals surface area contributed by atoms with Gasteiger partial charge in [-0.05, 0) is 11.6 Å². The summed E-state index contributed by atoms with van der Waals surface area (Å²) in [6.45, 7) is 2.11.